The van der Waals surface area contributed by atoms with E-state index in [-0.39, 0.29) is 23.2 Å². The van der Waals surface area contributed by atoms with Crippen LogP contribution in [0.1, 0.15) is 45.4 Å². The summed E-state index contributed by atoms with van der Waals surface area (Å²) in [5.41, 5.74) is 0.209. The van der Waals surface area contributed by atoms with Crippen LogP contribution in [-0.2, 0) is 9.59 Å². The van der Waals surface area contributed by atoms with Gasteiger partial charge in [-0.3, -0.25) is 9.59 Å². The molecule has 0 unspecified atom stereocenters. The maximum atomic E-state index is 12.3. The van der Waals surface area contributed by atoms with Crippen molar-refractivity contribution in [3.8, 4) is 0 Å². The fourth-order valence-corrected chi connectivity index (χ4v) is 3.38. The van der Waals surface area contributed by atoms with E-state index in [1.807, 2.05) is 0 Å². The van der Waals surface area contributed by atoms with Crippen LogP contribution in [0, 0.1) is 17.3 Å². The minimum Gasteiger partial charge on any atom is -0.481 e. The molecule has 120 valence electrons. The predicted molar refractivity (Wildman–Crippen MR) is 80.9 cm³/mol. The number of nitrogens with one attached hydrogen (secondary N) is 1. The van der Waals surface area contributed by atoms with E-state index in [9.17, 15) is 9.59 Å². The first-order chi connectivity index (χ1) is 9.89. The Bertz CT molecular complexity index is 381. The molecule has 1 amide bonds. The minimum atomic E-state index is -0.715. The summed E-state index contributed by atoms with van der Waals surface area (Å²) < 4.78 is 0. The molecule has 1 saturated carbocycles. The number of amides is 1. The van der Waals surface area contributed by atoms with Crippen molar-refractivity contribution in [2.24, 2.45) is 17.3 Å². The molecule has 1 aliphatic carbocycles. The molecule has 5 nitrogen and oxygen atoms in total. The maximum absolute atomic E-state index is 12.3. The summed E-state index contributed by atoms with van der Waals surface area (Å²) >= 11 is 0. The third kappa shape index (κ3) is 4.43. The van der Waals surface area contributed by atoms with Crippen molar-refractivity contribution in [1.29, 1.82) is 0 Å². The second kappa shape index (κ2) is 6.77. The number of carboxylic acid groups (broad SMARTS) is 1. The molecule has 0 aromatic rings. The molecule has 1 aliphatic heterocycles. The van der Waals surface area contributed by atoms with E-state index in [4.69, 9.17) is 5.11 Å². The number of carbonyl (C=O) groups excluding carboxylic acids is 1. The SMILES string of the molecule is CN1CCC(C)(CNC(=O)C2CCC(C(=O)O)CC2)CC1. The second-order valence-corrected chi connectivity index (χ2v) is 7.22. The molecule has 0 aromatic carbocycles. The van der Waals surface area contributed by atoms with Gasteiger partial charge in [0.1, 0.15) is 0 Å². The highest BCUT2D eigenvalue weighted by Gasteiger charge is 2.32. The van der Waals surface area contributed by atoms with Gasteiger partial charge in [0.25, 0.3) is 0 Å². The lowest BCUT2D eigenvalue weighted by Gasteiger charge is -2.38. The Kier molecular flexibility index (Phi) is 5.25. The van der Waals surface area contributed by atoms with Crippen molar-refractivity contribution in [2.75, 3.05) is 26.7 Å². The van der Waals surface area contributed by atoms with Gasteiger partial charge >= 0.3 is 5.97 Å². The van der Waals surface area contributed by atoms with Crippen LogP contribution in [0.5, 0.6) is 0 Å². The third-order valence-corrected chi connectivity index (χ3v) is 5.33. The highest BCUT2D eigenvalue weighted by Crippen LogP contribution is 2.31. The summed E-state index contributed by atoms with van der Waals surface area (Å²) in [7, 11) is 2.14. The molecule has 2 rings (SSSR count). The summed E-state index contributed by atoms with van der Waals surface area (Å²) in [4.78, 5) is 25.5. The Morgan fingerprint density at radius 3 is 2.19 bits per heavy atom. The van der Waals surface area contributed by atoms with Gasteiger partial charge in [0.15, 0.2) is 0 Å². The largest absolute Gasteiger partial charge is 0.481 e. The Labute approximate surface area is 127 Å². The van der Waals surface area contributed by atoms with Gasteiger partial charge in [-0.2, -0.15) is 0 Å². The first-order valence-electron chi connectivity index (χ1n) is 8.09. The molecule has 0 bridgehead atoms. The molecule has 0 aromatic heterocycles. The molecular weight excluding hydrogens is 268 g/mol. The monoisotopic (exact) mass is 296 g/mol. The average molecular weight is 296 g/mol. The number of likely N-dealkylation sites (tertiary alicyclic amines) is 1. The quantitative estimate of drug-likeness (QED) is 0.829. The number of piperidine rings is 1. The predicted octanol–water partition coefficient (Wildman–Crippen LogP) is 1.73. The van der Waals surface area contributed by atoms with Gasteiger partial charge < -0.3 is 15.3 Å². The standard InChI is InChI=1S/C16H28N2O3/c1-16(7-9-18(2)10-8-16)11-17-14(19)12-3-5-13(6-4-12)15(20)21/h12-13H,3-11H2,1-2H3,(H,17,19)(H,20,21). The number of aliphatic carboxylic acids is 1. The van der Waals surface area contributed by atoms with Crippen molar-refractivity contribution in [2.45, 2.75) is 45.4 Å². The van der Waals surface area contributed by atoms with Crippen molar-refractivity contribution in [3.05, 3.63) is 0 Å². The number of hydrogen-bond donors (Lipinski definition) is 2. The van der Waals surface area contributed by atoms with Crippen LogP contribution in [0.4, 0.5) is 0 Å². The molecule has 5 heteroatoms. The topological polar surface area (TPSA) is 69.6 Å². The lowest BCUT2D eigenvalue weighted by molar-refractivity contribution is -0.144. The van der Waals surface area contributed by atoms with Gasteiger partial charge in [-0.15, -0.1) is 0 Å². The van der Waals surface area contributed by atoms with Crippen LogP contribution in [-0.4, -0.2) is 48.6 Å². The maximum Gasteiger partial charge on any atom is 0.306 e. The van der Waals surface area contributed by atoms with Crippen molar-refractivity contribution in [3.63, 3.8) is 0 Å². The van der Waals surface area contributed by atoms with Crippen LogP contribution < -0.4 is 5.32 Å². The molecular formula is C16H28N2O3. The zero-order valence-corrected chi connectivity index (χ0v) is 13.2. The molecule has 2 fully saturated rings. The molecule has 0 atom stereocenters. The van der Waals surface area contributed by atoms with Gasteiger partial charge in [0.2, 0.25) is 5.91 Å². The summed E-state index contributed by atoms with van der Waals surface area (Å²) in [6.07, 6.45) is 4.93. The normalized spacial score (nSPS) is 29.8. The second-order valence-electron chi connectivity index (χ2n) is 7.22. The Morgan fingerprint density at radius 1 is 1.14 bits per heavy atom. The fraction of sp³-hybridized carbons (Fsp3) is 0.875. The van der Waals surface area contributed by atoms with Gasteiger partial charge in [0.05, 0.1) is 5.92 Å². The van der Waals surface area contributed by atoms with Crippen molar-refractivity contribution < 1.29 is 14.7 Å². The van der Waals surface area contributed by atoms with Gasteiger partial charge in [-0.05, 0) is 64.1 Å². The fourth-order valence-electron chi connectivity index (χ4n) is 3.38. The van der Waals surface area contributed by atoms with Crippen LogP contribution in [0.15, 0.2) is 0 Å². The first-order valence-corrected chi connectivity index (χ1v) is 8.09. The van der Waals surface area contributed by atoms with E-state index in [1.165, 1.54) is 0 Å². The Hall–Kier alpha value is -1.10. The van der Waals surface area contributed by atoms with Crippen molar-refractivity contribution in [1.82, 2.24) is 10.2 Å². The first kappa shape index (κ1) is 16.3. The Balaban J connectivity index is 1.74. The van der Waals surface area contributed by atoms with E-state index >= 15 is 0 Å². The molecule has 21 heavy (non-hydrogen) atoms. The van der Waals surface area contributed by atoms with Crippen LogP contribution in [0.25, 0.3) is 0 Å². The summed E-state index contributed by atoms with van der Waals surface area (Å²) in [6, 6.07) is 0. The van der Waals surface area contributed by atoms with E-state index in [2.05, 4.69) is 24.2 Å². The zero-order valence-electron chi connectivity index (χ0n) is 13.2. The number of rotatable bonds is 4. The van der Waals surface area contributed by atoms with Crippen LogP contribution in [0.2, 0.25) is 0 Å². The number of nitrogens with zero attached hydrogens (tertiary/aromatic N) is 1. The highest BCUT2D eigenvalue weighted by atomic mass is 16.4. The zero-order chi connectivity index (χ0) is 15.5. The molecule has 1 saturated heterocycles. The summed E-state index contributed by atoms with van der Waals surface area (Å²) in [5.74, 6) is -0.831. The smallest absolute Gasteiger partial charge is 0.306 e. The van der Waals surface area contributed by atoms with E-state index < -0.39 is 5.97 Å². The third-order valence-electron chi connectivity index (χ3n) is 5.33. The van der Waals surface area contributed by atoms with Crippen LogP contribution >= 0.6 is 0 Å². The lowest BCUT2D eigenvalue weighted by atomic mass is 9.79. The molecule has 2 aliphatic rings. The number of hydrogen-bond acceptors (Lipinski definition) is 3. The van der Waals surface area contributed by atoms with Gasteiger partial charge in [-0.25, -0.2) is 0 Å². The van der Waals surface area contributed by atoms with Gasteiger partial charge in [-0.1, -0.05) is 6.92 Å². The van der Waals surface area contributed by atoms with Crippen LogP contribution in [0.3, 0.4) is 0 Å². The molecule has 0 spiro atoms. The Morgan fingerprint density at radius 2 is 1.67 bits per heavy atom. The summed E-state index contributed by atoms with van der Waals surface area (Å²) in [5, 5.41) is 12.1. The van der Waals surface area contributed by atoms with Gasteiger partial charge in [0, 0.05) is 12.5 Å². The summed E-state index contributed by atoms with van der Waals surface area (Å²) in [6.45, 7) is 5.19. The minimum absolute atomic E-state index is 0.00969. The van der Waals surface area contributed by atoms with E-state index in [0.29, 0.717) is 25.7 Å². The average Bonchev–Trinajstić information content (AvgIpc) is 2.48. The molecule has 1 heterocycles. The molecule has 2 N–H and O–H groups in total. The molecule has 0 radical (unpaired) electrons. The highest BCUT2D eigenvalue weighted by molar-refractivity contribution is 5.79. The van der Waals surface area contributed by atoms with Crippen molar-refractivity contribution >= 4 is 11.9 Å². The number of carboxylic acids is 1. The number of carbonyl (C=O) groups is 2. The lowest BCUT2D eigenvalue weighted by Crippen LogP contribution is -2.45. The van der Waals surface area contributed by atoms with E-state index in [0.717, 1.165) is 32.5 Å². The van der Waals surface area contributed by atoms with E-state index in [1.54, 1.807) is 0 Å².